The van der Waals surface area contributed by atoms with Gasteiger partial charge in [0.1, 0.15) is 12.3 Å². The Bertz CT molecular complexity index is 886. The molecule has 1 aromatic heterocycles. The monoisotopic (exact) mass is 323 g/mol. The van der Waals surface area contributed by atoms with Gasteiger partial charge in [-0.3, -0.25) is 20.4 Å². The van der Waals surface area contributed by atoms with E-state index in [1.165, 1.54) is 7.11 Å². The SMILES string of the molecule is COc1ccccc1C(=O)NNC(=O)Cn1ccc2ccccc21. The number of para-hydroxylation sites is 2. The van der Waals surface area contributed by atoms with Gasteiger partial charge in [-0.15, -0.1) is 0 Å². The molecule has 1 heterocycles. The molecule has 122 valence electrons. The Labute approximate surface area is 139 Å². The van der Waals surface area contributed by atoms with Gasteiger partial charge in [0.25, 0.3) is 11.8 Å². The van der Waals surface area contributed by atoms with Crippen molar-refractivity contribution >= 4 is 22.7 Å². The lowest BCUT2D eigenvalue weighted by atomic mass is 10.2. The first kappa shape index (κ1) is 15.6. The summed E-state index contributed by atoms with van der Waals surface area (Å²) in [6, 6.07) is 16.5. The molecule has 3 aromatic rings. The fourth-order valence-electron chi connectivity index (χ4n) is 2.50. The summed E-state index contributed by atoms with van der Waals surface area (Å²) >= 11 is 0. The molecule has 0 fully saturated rings. The van der Waals surface area contributed by atoms with Crippen LogP contribution in [0.2, 0.25) is 0 Å². The first-order valence-electron chi connectivity index (χ1n) is 7.45. The highest BCUT2D eigenvalue weighted by molar-refractivity contribution is 5.97. The van der Waals surface area contributed by atoms with Crippen molar-refractivity contribution in [3.8, 4) is 5.75 Å². The Morgan fingerprint density at radius 2 is 1.75 bits per heavy atom. The van der Waals surface area contributed by atoms with Crippen LogP contribution in [0.1, 0.15) is 10.4 Å². The number of carbonyl (C=O) groups excluding carboxylic acids is 2. The average molecular weight is 323 g/mol. The second-order valence-electron chi connectivity index (χ2n) is 5.21. The van der Waals surface area contributed by atoms with Crippen molar-refractivity contribution in [2.45, 2.75) is 6.54 Å². The minimum absolute atomic E-state index is 0.111. The maximum atomic E-state index is 12.1. The molecule has 0 bridgehead atoms. The Balaban J connectivity index is 1.62. The molecule has 0 radical (unpaired) electrons. The Hall–Kier alpha value is -3.28. The molecule has 0 saturated carbocycles. The zero-order chi connectivity index (χ0) is 16.9. The van der Waals surface area contributed by atoms with Crippen LogP contribution in [0.25, 0.3) is 10.9 Å². The lowest BCUT2D eigenvalue weighted by molar-refractivity contribution is -0.122. The van der Waals surface area contributed by atoms with E-state index in [2.05, 4.69) is 10.9 Å². The van der Waals surface area contributed by atoms with E-state index in [1.54, 1.807) is 24.3 Å². The number of hydrogen-bond donors (Lipinski definition) is 2. The second kappa shape index (κ2) is 6.87. The van der Waals surface area contributed by atoms with Crippen molar-refractivity contribution in [3.63, 3.8) is 0 Å². The van der Waals surface area contributed by atoms with E-state index in [-0.39, 0.29) is 12.5 Å². The van der Waals surface area contributed by atoms with E-state index >= 15 is 0 Å². The van der Waals surface area contributed by atoms with Gasteiger partial charge in [0.15, 0.2) is 0 Å². The highest BCUT2D eigenvalue weighted by Gasteiger charge is 2.12. The summed E-state index contributed by atoms with van der Waals surface area (Å²) in [6.07, 6.45) is 1.84. The molecule has 2 N–H and O–H groups in total. The van der Waals surface area contributed by atoms with Crippen LogP contribution in [0.15, 0.2) is 60.8 Å². The summed E-state index contributed by atoms with van der Waals surface area (Å²) in [5.74, 6) is -0.307. The molecule has 3 rings (SSSR count). The number of ether oxygens (including phenoxy) is 1. The van der Waals surface area contributed by atoms with E-state index < -0.39 is 5.91 Å². The number of hydrogen-bond acceptors (Lipinski definition) is 3. The molecule has 2 amide bonds. The van der Waals surface area contributed by atoms with Gasteiger partial charge in [-0.05, 0) is 29.7 Å². The number of amides is 2. The number of rotatable bonds is 4. The molecule has 0 atom stereocenters. The number of fused-ring (bicyclic) bond motifs is 1. The number of aromatic nitrogens is 1. The molecule has 0 aliphatic heterocycles. The van der Waals surface area contributed by atoms with Gasteiger partial charge in [0, 0.05) is 11.7 Å². The number of nitrogens with zero attached hydrogens (tertiary/aromatic N) is 1. The number of benzene rings is 2. The van der Waals surface area contributed by atoms with Crippen LogP contribution in [0.5, 0.6) is 5.75 Å². The van der Waals surface area contributed by atoms with Gasteiger partial charge < -0.3 is 9.30 Å². The lowest BCUT2D eigenvalue weighted by Crippen LogP contribution is -2.43. The Kier molecular flexibility index (Phi) is 4.47. The first-order valence-corrected chi connectivity index (χ1v) is 7.45. The van der Waals surface area contributed by atoms with Crippen LogP contribution in [0.3, 0.4) is 0 Å². The zero-order valence-corrected chi connectivity index (χ0v) is 13.2. The normalized spacial score (nSPS) is 10.4. The number of hydrazine groups is 1. The van der Waals surface area contributed by atoms with E-state index in [1.807, 2.05) is 41.1 Å². The maximum Gasteiger partial charge on any atom is 0.273 e. The fourth-order valence-corrected chi connectivity index (χ4v) is 2.50. The topological polar surface area (TPSA) is 72.4 Å². The third-order valence-corrected chi connectivity index (χ3v) is 3.66. The Morgan fingerprint density at radius 3 is 2.58 bits per heavy atom. The quantitative estimate of drug-likeness (QED) is 0.722. The molecule has 0 unspecified atom stereocenters. The maximum absolute atomic E-state index is 12.1. The molecule has 2 aromatic carbocycles. The summed E-state index contributed by atoms with van der Waals surface area (Å²) in [5.41, 5.74) is 6.14. The summed E-state index contributed by atoms with van der Waals surface area (Å²) in [5, 5.41) is 1.06. The number of methoxy groups -OCH3 is 1. The van der Waals surface area contributed by atoms with E-state index in [0.717, 1.165) is 10.9 Å². The molecule has 6 nitrogen and oxygen atoms in total. The Morgan fingerprint density at radius 1 is 1.00 bits per heavy atom. The molecular formula is C18H17N3O3. The van der Waals surface area contributed by atoms with Crippen molar-refractivity contribution in [1.29, 1.82) is 0 Å². The van der Waals surface area contributed by atoms with Gasteiger partial charge in [-0.2, -0.15) is 0 Å². The molecule has 0 aliphatic carbocycles. The van der Waals surface area contributed by atoms with Gasteiger partial charge in [-0.1, -0.05) is 30.3 Å². The third-order valence-electron chi connectivity index (χ3n) is 3.66. The number of carbonyl (C=O) groups is 2. The smallest absolute Gasteiger partial charge is 0.273 e. The fraction of sp³-hybridized carbons (Fsp3) is 0.111. The molecule has 0 aliphatic rings. The van der Waals surface area contributed by atoms with Crippen LogP contribution in [0.4, 0.5) is 0 Å². The standard InChI is InChI=1S/C18H17N3O3/c1-24-16-9-5-3-7-14(16)18(23)20-19-17(22)12-21-11-10-13-6-2-4-8-15(13)21/h2-11H,12H2,1H3,(H,19,22)(H,20,23). The highest BCUT2D eigenvalue weighted by Crippen LogP contribution is 2.16. The van der Waals surface area contributed by atoms with Crippen LogP contribution in [0, 0.1) is 0 Å². The van der Waals surface area contributed by atoms with Crippen molar-refractivity contribution in [2.75, 3.05) is 7.11 Å². The minimum Gasteiger partial charge on any atom is -0.496 e. The van der Waals surface area contributed by atoms with Crippen LogP contribution in [-0.4, -0.2) is 23.5 Å². The summed E-state index contributed by atoms with van der Waals surface area (Å²) < 4.78 is 6.95. The summed E-state index contributed by atoms with van der Waals surface area (Å²) in [4.78, 5) is 24.2. The van der Waals surface area contributed by atoms with Crippen molar-refractivity contribution in [2.24, 2.45) is 0 Å². The van der Waals surface area contributed by atoms with E-state index in [0.29, 0.717) is 11.3 Å². The highest BCUT2D eigenvalue weighted by atomic mass is 16.5. The van der Waals surface area contributed by atoms with Gasteiger partial charge in [-0.25, -0.2) is 0 Å². The largest absolute Gasteiger partial charge is 0.496 e. The molecule has 0 spiro atoms. The molecular weight excluding hydrogens is 306 g/mol. The van der Waals surface area contributed by atoms with Crippen molar-refractivity contribution < 1.29 is 14.3 Å². The van der Waals surface area contributed by atoms with Gasteiger partial charge in [0.2, 0.25) is 0 Å². The predicted octanol–water partition coefficient (Wildman–Crippen LogP) is 2.11. The number of nitrogens with one attached hydrogen (secondary N) is 2. The zero-order valence-electron chi connectivity index (χ0n) is 13.2. The van der Waals surface area contributed by atoms with E-state index in [9.17, 15) is 9.59 Å². The van der Waals surface area contributed by atoms with Crippen LogP contribution < -0.4 is 15.6 Å². The van der Waals surface area contributed by atoms with Crippen LogP contribution in [-0.2, 0) is 11.3 Å². The van der Waals surface area contributed by atoms with Crippen LogP contribution >= 0.6 is 0 Å². The van der Waals surface area contributed by atoms with Crippen molar-refractivity contribution in [1.82, 2.24) is 15.4 Å². The molecule has 6 heteroatoms. The average Bonchev–Trinajstić information content (AvgIpc) is 3.02. The predicted molar refractivity (Wildman–Crippen MR) is 90.5 cm³/mol. The van der Waals surface area contributed by atoms with Gasteiger partial charge >= 0.3 is 0 Å². The summed E-state index contributed by atoms with van der Waals surface area (Å²) in [7, 11) is 1.49. The lowest BCUT2D eigenvalue weighted by Gasteiger charge is -2.11. The van der Waals surface area contributed by atoms with E-state index in [4.69, 9.17) is 4.74 Å². The molecule has 24 heavy (non-hydrogen) atoms. The molecule has 0 saturated heterocycles. The van der Waals surface area contributed by atoms with Crippen molar-refractivity contribution in [3.05, 3.63) is 66.4 Å². The second-order valence-corrected chi connectivity index (χ2v) is 5.21. The first-order chi connectivity index (χ1) is 11.7. The summed E-state index contributed by atoms with van der Waals surface area (Å²) in [6.45, 7) is 0.111. The minimum atomic E-state index is -0.432. The van der Waals surface area contributed by atoms with Gasteiger partial charge in [0.05, 0.1) is 12.7 Å². The third kappa shape index (κ3) is 3.22.